The van der Waals surface area contributed by atoms with E-state index in [0.29, 0.717) is 0 Å². The van der Waals surface area contributed by atoms with Crippen LogP contribution in [0, 0.1) is 0 Å². The zero-order valence-corrected chi connectivity index (χ0v) is 7.90. The molecule has 7 heteroatoms. The Labute approximate surface area is 89.5 Å². The zero-order chi connectivity index (χ0) is 12.5. The number of benzene rings is 1. The molecule has 0 radical (unpaired) electrons. The highest BCUT2D eigenvalue weighted by Gasteiger charge is 2.28. The average molecular weight is 230 g/mol. The number of aliphatic hydroxyl groups excluding tert-OH is 2. The summed E-state index contributed by atoms with van der Waals surface area (Å²) in [4.78, 5) is 10.4. The summed E-state index contributed by atoms with van der Waals surface area (Å²) in [5.74, 6) is -4.08. The molecule has 7 nitrogen and oxygen atoms in total. The van der Waals surface area contributed by atoms with Crippen LogP contribution in [0.4, 0.5) is 0 Å². The van der Waals surface area contributed by atoms with Gasteiger partial charge in [0.2, 0.25) is 5.75 Å². The lowest BCUT2D eigenvalue weighted by atomic mass is 10.0. The summed E-state index contributed by atoms with van der Waals surface area (Å²) < 4.78 is 0. The van der Waals surface area contributed by atoms with Crippen molar-refractivity contribution in [3.63, 3.8) is 0 Å². The van der Waals surface area contributed by atoms with Crippen LogP contribution >= 0.6 is 0 Å². The van der Waals surface area contributed by atoms with E-state index >= 15 is 0 Å². The minimum Gasteiger partial charge on any atom is -0.504 e. The number of carbonyl (C=O) groups is 1. The molecule has 2 unspecified atom stereocenters. The molecule has 0 bridgehead atoms. The highest BCUT2D eigenvalue weighted by atomic mass is 16.4. The van der Waals surface area contributed by atoms with Gasteiger partial charge in [0.1, 0.15) is 6.10 Å². The molecule has 1 aromatic carbocycles. The second-order valence-corrected chi connectivity index (χ2v) is 3.10. The minimum absolute atomic E-state index is 0.398. The summed E-state index contributed by atoms with van der Waals surface area (Å²) in [6, 6.07) is 1.93. The van der Waals surface area contributed by atoms with Crippen molar-refractivity contribution in [3.05, 3.63) is 17.7 Å². The summed E-state index contributed by atoms with van der Waals surface area (Å²) in [5, 5.41) is 54.2. The fourth-order valence-electron chi connectivity index (χ4n) is 1.13. The number of hydrogen-bond donors (Lipinski definition) is 6. The lowest BCUT2D eigenvalue weighted by Crippen LogP contribution is -2.27. The number of aliphatic carboxylic acids is 1. The van der Waals surface area contributed by atoms with Gasteiger partial charge in [-0.05, 0) is 12.1 Å². The molecule has 0 fully saturated rings. The highest BCUT2D eigenvalue weighted by Crippen LogP contribution is 2.40. The first-order valence-electron chi connectivity index (χ1n) is 4.19. The van der Waals surface area contributed by atoms with Crippen LogP contribution in [-0.2, 0) is 4.79 Å². The molecule has 0 aliphatic carbocycles. The van der Waals surface area contributed by atoms with E-state index in [9.17, 15) is 15.0 Å². The van der Waals surface area contributed by atoms with Gasteiger partial charge < -0.3 is 30.6 Å². The predicted molar refractivity (Wildman–Crippen MR) is 50.0 cm³/mol. The van der Waals surface area contributed by atoms with Crippen LogP contribution in [-0.4, -0.2) is 42.7 Å². The summed E-state index contributed by atoms with van der Waals surface area (Å²) in [6.07, 6.45) is -4.06. The number of carboxylic acids is 1. The standard InChI is InChI=1S/C9H10O7/c10-4-2-1-3(5(11)7(4)13)6(12)8(14)9(15)16/h1-2,6,8,10-14H,(H,15,16). The largest absolute Gasteiger partial charge is 0.504 e. The number of rotatable bonds is 3. The maximum atomic E-state index is 10.4. The van der Waals surface area contributed by atoms with E-state index in [2.05, 4.69) is 0 Å². The quantitative estimate of drug-likeness (QED) is 0.377. The van der Waals surface area contributed by atoms with Crippen molar-refractivity contribution in [2.45, 2.75) is 12.2 Å². The van der Waals surface area contributed by atoms with Gasteiger partial charge >= 0.3 is 5.97 Å². The minimum atomic E-state index is -2.14. The van der Waals surface area contributed by atoms with Crippen molar-refractivity contribution in [2.24, 2.45) is 0 Å². The Kier molecular flexibility index (Phi) is 3.21. The molecule has 0 saturated heterocycles. The molecule has 0 aliphatic heterocycles. The zero-order valence-electron chi connectivity index (χ0n) is 7.90. The number of hydrogen-bond acceptors (Lipinski definition) is 6. The van der Waals surface area contributed by atoms with Gasteiger partial charge in [0.05, 0.1) is 0 Å². The Bertz CT molecular complexity index is 415. The van der Waals surface area contributed by atoms with E-state index in [4.69, 9.17) is 20.4 Å². The molecule has 88 valence electrons. The number of phenols is 3. The van der Waals surface area contributed by atoms with Gasteiger partial charge in [0.15, 0.2) is 17.6 Å². The Morgan fingerprint density at radius 1 is 1.06 bits per heavy atom. The van der Waals surface area contributed by atoms with Crippen LogP contribution in [0.15, 0.2) is 12.1 Å². The number of phenolic OH excluding ortho intramolecular Hbond substituents is 3. The molecule has 0 amide bonds. The molecule has 1 rings (SSSR count). The van der Waals surface area contributed by atoms with Crippen molar-refractivity contribution in [1.82, 2.24) is 0 Å². The van der Waals surface area contributed by atoms with Crippen molar-refractivity contribution < 1.29 is 35.4 Å². The molecule has 0 saturated carbocycles. The third kappa shape index (κ3) is 2.00. The van der Waals surface area contributed by atoms with Crippen LogP contribution in [0.5, 0.6) is 17.2 Å². The van der Waals surface area contributed by atoms with E-state index in [-0.39, 0.29) is 0 Å². The molecule has 0 heterocycles. The molecule has 6 N–H and O–H groups in total. The third-order valence-electron chi connectivity index (χ3n) is 2.03. The second kappa shape index (κ2) is 4.25. The van der Waals surface area contributed by atoms with Crippen molar-refractivity contribution in [2.75, 3.05) is 0 Å². The van der Waals surface area contributed by atoms with Gasteiger partial charge in [0.25, 0.3) is 0 Å². The summed E-state index contributed by atoms with van der Waals surface area (Å²) >= 11 is 0. The van der Waals surface area contributed by atoms with Gasteiger partial charge in [-0.3, -0.25) is 0 Å². The second-order valence-electron chi connectivity index (χ2n) is 3.10. The normalized spacial score (nSPS) is 14.4. The number of carboxylic acid groups (broad SMARTS) is 1. The maximum Gasteiger partial charge on any atom is 0.335 e. The van der Waals surface area contributed by atoms with Gasteiger partial charge in [0, 0.05) is 5.56 Å². The highest BCUT2D eigenvalue weighted by molar-refractivity contribution is 5.73. The molecular weight excluding hydrogens is 220 g/mol. The molecule has 0 aromatic heterocycles. The van der Waals surface area contributed by atoms with E-state index < -0.39 is 41.0 Å². The van der Waals surface area contributed by atoms with Crippen molar-refractivity contribution in [1.29, 1.82) is 0 Å². The van der Waals surface area contributed by atoms with E-state index in [1.807, 2.05) is 0 Å². The van der Waals surface area contributed by atoms with E-state index in [1.165, 1.54) is 0 Å². The first-order valence-corrected chi connectivity index (χ1v) is 4.19. The number of aromatic hydroxyl groups is 3. The monoisotopic (exact) mass is 230 g/mol. The molecule has 0 aliphatic rings. The molecule has 0 spiro atoms. The lowest BCUT2D eigenvalue weighted by molar-refractivity contribution is -0.153. The number of aliphatic hydroxyl groups is 2. The van der Waals surface area contributed by atoms with E-state index in [1.54, 1.807) is 0 Å². The van der Waals surface area contributed by atoms with Crippen LogP contribution in [0.2, 0.25) is 0 Å². The average Bonchev–Trinajstić information content (AvgIpc) is 2.24. The van der Waals surface area contributed by atoms with Crippen LogP contribution in [0.3, 0.4) is 0 Å². The van der Waals surface area contributed by atoms with Crippen molar-refractivity contribution >= 4 is 5.97 Å². The Balaban J connectivity index is 3.14. The van der Waals surface area contributed by atoms with Crippen molar-refractivity contribution in [3.8, 4) is 17.2 Å². The summed E-state index contributed by atoms with van der Waals surface area (Å²) in [5.41, 5.74) is -0.398. The maximum absolute atomic E-state index is 10.4. The molecule has 1 aromatic rings. The van der Waals surface area contributed by atoms with Gasteiger partial charge in [-0.25, -0.2) is 4.79 Å². The molecular formula is C9H10O7. The summed E-state index contributed by atoms with van der Waals surface area (Å²) in [6.45, 7) is 0. The first kappa shape index (κ1) is 12.1. The van der Waals surface area contributed by atoms with Crippen LogP contribution in [0.1, 0.15) is 11.7 Å². The Morgan fingerprint density at radius 2 is 1.62 bits per heavy atom. The Morgan fingerprint density at radius 3 is 2.12 bits per heavy atom. The van der Waals surface area contributed by atoms with Crippen LogP contribution < -0.4 is 0 Å². The summed E-state index contributed by atoms with van der Waals surface area (Å²) in [7, 11) is 0. The van der Waals surface area contributed by atoms with E-state index in [0.717, 1.165) is 12.1 Å². The predicted octanol–water partition coefficient (Wildman–Crippen LogP) is -0.718. The third-order valence-corrected chi connectivity index (χ3v) is 2.03. The Hall–Kier alpha value is -1.99. The van der Waals surface area contributed by atoms with Gasteiger partial charge in [-0.15, -0.1) is 0 Å². The van der Waals surface area contributed by atoms with Crippen LogP contribution in [0.25, 0.3) is 0 Å². The molecule has 2 atom stereocenters. The fraction of sp³-hybridized carbons (Fsp3) is 0.222. The SMILES string of the molecule is O=C(O)C(O)C(O)c1ccc(O)c(O)c1O. The first-order chi connectivity index (χ1) is 7.36. The molecule has 16 heavy (non-hydrogen) atoms. The lowest BCUT2D eigenvalue weighted by Gasteiger charge is -2.16. The smallest absolute Gasteiger partial charge is 0.335 e. The topological polar surface area (TPSA) is 138 Å². The van der Waals surface area contributed by atoms with Gasteiger partial charge in [-0.1, -0.05) is 0 Å². The van der Waals surface area contributed by atoms with Gasteiger partial charge in [-0.2, -0.15) is 0 Å². The fourth-order valence-corrected chi connectivity index (χ4v) is 1.13.